The molecule has 200 valence electrons. The summed E-state index contributed by atoms with van der Waals surface area (Å²) in [5.74, 6) is 0.551. The molecule has 1 aliphatic heterocycles. The van der Waals surface area contributed by atoms with Gasteiger partial charge in [0, 0.05) is 24.3 Å². The van der Waals surface area contributed by atoms with Gasteiger partial charge in [-0.15, -0.1) is 24.8 Å². The fraction of sp³-hybridized carbons (Fsp3) is 0.444. The highest BCUT2D eigenvalue weighted by molar-refractivity contribution is 6.37. The molecule has 0 unspecified atom stereocenters. The van der Waals surface area contributed by atoms with Crippen molar-refractivity contribution in [1.29, 1.82) is 0 Å². The number of nitrogens with zero attached hydrogens (tertiary/aromatic N) is 3. The maximum Gasteiger partial charge on any atom is 0.163 e. The maximum atomic E-state index is 12.5. The van der Waals surface area contributed by atoms with Crippen molar-refractivity contribution in [2.24, 2.45) is 5.92 Å². The molecule has 0 atom stereocenters. The van der Waals surface area contributed by atoms with Crippen molar-refractivity contribution < 1.29 is 9.90 Å². The van der Waals surface area contributed by atoms with Gasteiger partial charge in [-0.25, -0.2) is 4.98 Å². The number of aromatic nitrogens is 2. The molecule has 10 heteroatoms. The van der Waals surface area contributed by atoms with Crippen LogP contribution < -0.4 is 5.32 Å². The predicted octanol–water partition coefficient (Wildman–Crippen LogP) is 7.42. The van der Waals surface area contributed by atoms with Crippen LogP contribution >= 0.6 is 48.0 Å². The number of anilines is 1. The zero-order valence-electron chi connectivity index (χ0n) is 20.7. The number of nitrogens with one attached hydrogen (secondary N) is 1. The minimum Gasteiger partial charge on any atom is -0.505 e. The Morgan fingerprint density at radius 3 is 2.35 bits per heavy atom. The van der Waals surface area contributed by atoms with E-state index in [-0.39, 0.29) is 52.4 Å². The quantitative estimate of drug-likeness (QED) is 0.293. The Labute approximate surface area is 240 Å². The van der Waals surface area contributed by atoms with E-state index in [2.05, 4.69) is 15.2 Å². The lowest BCUT2D eigenvalue weighted by Gasteiger charge is -2.32. The van der Waals surface area contributed by atoms with E-state index in [1.54, 1.807) is 25.3 Å². The topological polar surface area (TPSA) is 78.3 Å². The number of Topliss-reactive ketones (excluding diaryl/α,β-unsaturated/α-hetero) is 1. The number of pyridine rings is 2. The summed E-state index contributed by atoms with van der Waals surface area (Å²) in [6.45, 7) is 5.26. The number of phenols is 1. The summed E-state index contributed by atoms with van der Waals surface area (Å²) in [5, 5.41) is 13.9. The Balaban J connectivity index is 0.00000190. The number of carbonyl (C=O) groups excluding carboxylic acids is 1. The summed E-state index contributed by atoms with van der Waals surface area (Å²) < 4.78 is 0. The molecule has 1 saturated heterocycles. The number of likely N-dealkylation sites (tertiary alicyclic amines) is 1. The molecular weight excluding hydrogens is 554 g/mol. The van der Waals surface area contributed by atoms with Crippen LogP contribution in [0.15, 0.2) is 30.5 Å². The van der Waals surface area contributed by atoms with Gasteiger partial charge in [-0.3, -0.25) is 9.78 Å². The normalized spacial score (nSPS) is 19.8. The SMILES string of the molecule is CC(=O)c1cnc2ccc(-c3cc(Cl)c(O)c(Cl)c3)nc2c1N[C@H]1CC[C@H](CN2CCCC2)CC1.Cl.Cl. The van der Waals surface area contributed by atoms with Gasteiger partial charge >= 0.3 is 0 Å². The highest BCUT2D eigenvalue weighted by Crippen LogP contribution is 2.37. The van der Waals surface area contributed by atoms with Crippen molar-refractivity contribution >= 4 is 70.5 Å². The molecular formula is C27H32Cl4N4O2. The van der Waals surface area contributed by atoms with Crippen LogP contribution in [0.3, 0.4) is 0 Å². The Kier molecular flexibility index (Phi) is 10.3. The standard InChI is InChI=1S/C27H30Cl2N4O2.2ClH/c1-16(34)20-14-30-24-9-8-23(18-12-21(28)27(35)22(29)13-18)32-26(24)25(20)31-19-6-4-17(5-7-19)15-33-10-2-3-11-33;;/h8-9,12-14,17,19,35H,2-7,10-11,15H2,1H3,(H,30,31);2*1H/t17-,19-;;. The van der Waals surface area contributed by atoms with Gasteiger partial charge in [-0.2, -0.15) is 0 Å². The van der Waals surface area contributed by atoms with Crippen LogP contribution in [-0.4, -0.2) is 51.4 Å². The van der Waals surface area contributed by atoms with Gasteiger partial charge in [0.05, 0.1) is 32.5 Å². The molecule has 3 heterocycles. The van der Waals surface area contributed by atoms with Gasteiger partial charge in [0.15, 0.2) is 11.5 Å². The third-order valence-electron chi connectivity index (χ3n) is 7.32. The number of carbonyl (C=O) groups is 1. The van der Waals surface area contributed by atoms with Crippen molar-refractivity contribution in [3.8, 4) is 17.0 Å². The van der Waals surface area contributed by atoms with Gasteiger partial charge in [-0.05, 0) is 88.7 Å². The molecule has 3 aromatic rings. The highest BCUT2D eigenvalue weighted by Gasteiger charge is 2.26. The van der Waals surface area contributed by atoms with Crippen molar-refractivity contribution in [3.63, 3.8) is 0 Å². The molecule has 2 N–H and O–H groups in total. The van der Waals surface area contributed by atoms with E-state index in [1.165, 1.54) is 45.3 Å². The van der Waals surface area contributed by atoms with Gasteiger partial charge in [0.2, 0.25) is 0 Å². The van der Waals surface area contributed by atoms with E-state index < -0.39 is 0 Å². The number of halogens is 4. The fourth-order valence-corrected chi connectivity index (χ4v) is 5.86. The van der Waals surface area contributed by atoms with E-state index in [1.807, 2.05) is 12.1 Å². The monoisotopic (exact) mass is 584 g/mol. The molecule has 2 aromatic heterocycles. The first-order chi connectivity index (χ1) is 16.9. The summed E-state index contributed by atoms with van der Waals surface area (Å²) >= 11 is 12.3. The molecule has 0 radical (unpaired) electrons. The molecule has 1 saturated carbocycles. The number of hydrogen-bond donors (Lipinski definition) is 2. The van der Waals surface area contributed by atoms with Gasteiger partial charge in [-0.1, -0.05) is 23.2 Å². The molecule has 1 aliphatic carbocycles. The van der Waals surface area contributed by atoms with E-state index >= 15 is 0 Å². The molecule has 0 spiro atoms. The van der Waals surface area contributed by atoms with E-state index in [0.29, 0.717) is 27.9 Å². The third-order valence-corrected chi connectivity index (χ3v) is 7.89. The summed E-state index contributed by atoms with van der Waals surface area (Å²) in [4.78, 5) is 24.5. The summed E-state index contributed by atoms with van der Waals surface area (Å²) in [5.41, 5.74) is 3.96. The van der Waals surface area contributed by atoms with E-state index in [9.17, 15) is 9.90 Å². The molecule has 0 amide bonds. The first-order valence-electron chi connectivity index (χ1n) is 12.4. The Morgan fingerprint density at radius 2 is 1.73 bits per heavy atom. The van der Waals surface area contributed by atoms with Gasteiger partial charge in [0.25, 0.3) is 0 Å². The smallest absolute Gasteiger partial charge is 0.163 e. The lowest BCUT2D eigenvalue weighted by Crippen LogP contribution is -2.33. The minimum absolute atomic E-state index is 0. The van der Waals surface area contributed by atoms with Crippen LogP contribution in [0.1, 0.15) is 55.8 Å². The fourth-order valence-electron chi connectivity index (χ4n) is 5.38. The first kappa shape index (κ1) is 29.7. The average Bonchev–Trinajstić information content (AvgIpc) is 3.36. The molecule has 37 heavy (non-hydrogen) atoms. The van der Waals surface area contributed by atoms with Crippen molar-refractivity contribution in [1.82, 2.24) is 14.9 Å². The lowest BCUT2D eigenvalue weighted by atomic mass is 9.85. The number of ketones is 1. The predicted molar refractivity (Wildman–Crippen MR) is 156 cm³/mol. The van der Waals surface area contributed by atoms with Crippen molar-refractivity contribution in [3.05, 3.63) is 46.1 Å². The molecule has 2 fully saturated rings. The number of benzene rings is 1. The Morgan fingerprint density at radius 1 is 1.08 bits per heavy atom. The number of phenolic OH excluding ortho intramolecular Hbond substituents is 1. The van der Waals surface area contributed by atoms with Crippen LogP contribution in [0.5, 0.6) is 5.75 Å². The van der Waals surface area contributed by atoms with Crippen LogP contribution in [0.2, 0.25) is 10.0 Å². The van der Waals surface area contributed by atoms with Crippen LogP contribution in [-0.2, 0) is 0 Å². The van der Waals surface area contributed by atoms with Crippen LogP contribution in [0.4, 0.5) is 5.69 Å². The highest BCUT2D eigenvalue weighted by atomic mass is 35.5. The van der Waals surface area contributed by atoms with E-state index in [4.69, 9.17) is 28.2 Å². The average molecular weight is 586 g/mol. The maximum absolute atomic E-state index is 12.5. The number of fused-ring (bicyclic) bond motifs is 1. The molecule has 5 rings (SSSR count). The zero-order chi connectivity index (χ0) is 24.5. The van der Waals surface area contributed by atoms with Crippen LogP contribution in [0, 0.1) is 5.92 Å². The summed E-state index contributed by atoms with van der Waals surface area (Å²) in [6.07, 6.45) is 8.83. The number of aromatic hydroxyl groups is 1. The Hall–Kier alpha value is -1.83. The number of hydrogen-bond acceptors (Lipinski definition) is 6. The van der Waals surface area contributed by atoms with Crippen molar-refractivity contribution in [2.45, 2.75) is 51.5 Å². The lowest BCUT2D eigenvalue weighted by molar-refractivity contribution is 0.101. The molecule has 1 aromatic carbocycles. The second-order valence-corrected chi connectivity index (χ2v) is 10.6. The van der Waals surface area contributed by atoms with Crippen LogP contribution in [0.25, 0.3) is 22.3 Å². The second-order valence-electron chi connectivity index (χ2n) is 9.83. The summed E-state index contributed by atoms with van der Waals surface area (Å²) in [6, 6.07) is 7.28. The number of rotatable bonds is 6. The second kappa shape index (κ2) is 12.8. The molecule has 6 nitrogen and oxygen atoms in total. The Bertz CT molecular complexity index is 1240. The minimum atomic E-state index is -0.152. The molecule has 2 aliphatic rings. The van der Waals surface area contributed by atoms with Gasteiger partial charge in [0.1, 0.15) is 5.52 Å². The third kappa shape index (κ3) is 6.61. The zero-order valence-corrected chi connectivity index (χ0v) is 23.8. The largest absolute Gasteiger partial charge is 0.505 e. The summed E-state index contributed by atoms with van der Waals surface area (Å²) in [7, 11) is 0. The van der Waals surface area contributed by atoms with Gasteiger partial charge < -0.3 is 15.3 Å². The molecule has 0 bridgehead atoms. The van der Waals surface area contributed by atoms with E-state index in [0.717, 1.165) is 24.4 Å². The van der Waals surface area contributed by atoms with Crippen molar-refractivity contribution in [2.75, 3.05) is 25.0 Å². The first-order valence-corrected chi connectivity index (χ1v) is 13.1.